The number of carbonyl (C=O) groups excluding carboxylic acids is 2. The second kappa shape index (κ2) is 8.57. The molecule has 0 spiro atoms. The van der Waals surface area contributed by atoms with Crippen LogP contribution in [0.1, 0.15) is 22.7 Å². The molecule has 158 valence electrons. The SMILES string of the molecule is COc1cc(C)c(CC(=O)C2=CN(C)C(=O)N(C)C2c2ccc(F)cc2)cc1OC. The summed E-state index contributed by atoms with van der Waals surface area (Å²) in [5.41, 5.74) is 2.83. The van der Waals surface area contributed by atoms with Crippen LogP contribution in [-0.2, 0) is 11.2 Å². The third-order valence-corrected chi connectivity index (χ3v) is 5.32. The maximum atomic E-state index is 13.4. The molecular formula is C23H25FN2O4. The first-order chi connectivity index (χ1) is 14.3. The highest BCUT2D eigenvalue weighted by Gasteiger charge is 2.35. The fraction of sp³-hybridized carbons (Fsp3) is 0.304. The van der Waals surface area contributed by atoms with Crippen molar-refractivity contribution in [3.05, 3.63) is 70.7 Å². The second-order valence-electron chi connectivity index (χ2n) is 7.28. The number of nitrogens with zero attached hydrogens (tertiary/aromatic N) is 2. The van der Waals surface area contributed by atoms with E-state index in [1.807, 2.05) is 13.0 Å². The Labute approximate surface area is 175 Å². The van der Waals surface area contributed by atoms with Crippen LogP contribution in [-0.4, -0.2) is 49.9 Å². The van der Waals surface area contributed by atoms with Crippen molar-refractivity contribution >= 4 is 11.8 Å². The molecule has 0 saturated carbocycles. The van der Waals surface area contributed by atoms with Crippen molar-refractivity contribution in [2.45, 2.75) is 19.4 Å². The number of carbonyl (C=O) groups is 2. The van der Waals surface area contributed by atoms with Crippen LogP contribution >= 0.6 is 0 Å². The van der Waals surface area contributed by atoms with Gasteiger partial charge in [-0.15, -0.1) is 0 Å². The van der Waals surface area contributed by atoms with Crippen LogP contribution in [0.3, 0.4) is 0 Å². The lowest BCUT2D eigenvalue weighted by Crippen LogP contribution is -2.44. The summed E-state index contributed by atoms with van der Waals surface area (Å²) in [5, 5.41) is 0. The molecule has 1 heterocycles. The number of methoxy groups -OCH3 is 2. The number of likely N-dealkylation sites (N-methyl/N-ethyl adjacent to an activating group) is 1. The molecule has 7 heteroatoms. The van der Waals surface area contributed by atoms with Gasteiger partial charge in [-0.3, -0.25) is 4.79 Å². The van der Waals surface area contributed by atoms with E-state index >= 15 is 0 Å². The van der Waals surface area contributed by atoms with Gasteiger partial charge in [0.1, 0.15) is 5.82 Å². The molecule has 0 fully saturated rings. The third-order valence-electron chi connectivity index (χ3n) is 5.32. The van der Waals surface area contributed by atoms with E-state index in [1.54, 1.807) is 52.7 Å². The molecule has 0 bridgehead atoms. The fourth-order valence-electron chi connectivity index (χ4n) is 3.66. The van der Waals surface area contributed by atoms with Crippen molar-refractivity contribution in [1.29, 1.82) is 0 Å². The summed E-state index contributed by atoms with van der Waals surface area (Å²) in [6.07, 6.45) is 1.69. The first-order valence-electron chi connectivity index (χ1n) is 9.48. The smallest absolute Gasteiger partial charge is 0.324 e. The van der Waals surface area contributed by atoms with Gasteiger partial charge in [-0.25, -0.2) is 9.18 Å². The van der Waals surface area contributed by atoms with Gasteiger partial charge in [0.2, 0.25) is 0 Å². The van der Waals surface area contributed by atoms with E-state index < -0.39 is 6.04 Å². The number of benzene rings is 2. The van der Waals surface area contributed by atoms with Crippen LogP contribution in [0, 0.1) is 12.7 Å². The van der Waals surface area contributed by atoms with Gasteiger partial charge in [-0.05, 0) is 47.9 Å². The molecule has 0 N–H and O–H groups in total. The molecule has 1 aliphatic rings. The van der Waals surface area contributed by atoms with Gasteiger partial charge in [-0.2, -0.15) is 0 Å². The number of Topliss-reactive ketones (excluding diaryl/α,β-unsaturated/α-hetero) is 1. The van der Waals surface area contributed by atoms with Crippen LogP contribution < -0.4 is 9.47 Å². The number of aryl methyl sites for hydroxylation is 1. The zero-order valence-electron chi connectivity index (χ0n) is 17.7. The van der Waals surface area contributed by atoms with E-state index in [-0.39, 0.29) is 24.1 Å². The van der Waals surface area contributed by atoms with Gasteiger partial charge < -0.3 is 19.3 Å². The summed E-state index contributed by atoms with van der Waals surface area (Å²) in [5.74, 6) is 0.629. The van der Waals surface area contributed by atoms with Gasteiger partial charge in [0.25, 0.3) is 0 Å². The van der Waals surface area contributed by atoms with E-state index in [0.717, 1.165) is 11.1 Å². The number of rotatable bonds is 6. The molecule has 1 unspecified atom stereocenters. The van der Waals surface area contributed by atoms with E-state index in [2.05, 4.69) is 0 Å². The number of amides is 2. The zero-order chi connectivity index (χ0) is 22.0. The lowest BCUT2D eigenvalue weighted by atomic mass is 9.90. The van der Waals surface area contributed by atoms with Crippen LogP contribution in [0.25, 0.3) is 0 Å². The van der Waals surface area contributed by atoms with Crippen LogP contribution in [0.4, 0.5) is 9.18 Å². The zero-order valence-corrected chi connectivity index (χ0v) is 17.7. The van der Waals surface area contributed by atoms with Crippen molar-refractivity contribution in [1.82, 2.24) is 9.80 Å². The van der Waals surface area contributed by atoms with Gasteiger partial charge >= 0.3 is 6.03 Å². The summed E-state index contributed by atoms with van der Waals surface area (Å²) < 4.78 is 24.1. The standard InChI is InChI=1S/C23H25FN2O4/c1-14-10-20(29-4)21(30-5)12-16(14)11-19(27)18-13-25(2)23(28)26(3)22(18)15-6-8-17(24)9-7-15/h6-10,12-13,22H,11H2,1-5H3. The average Bonchev–Trinajstić information content (AvgIpc) is 2.73. The Balaban J connectivity index is 1.99. The summed E-state index contributed by atoms with van der Waals surface area (Å²) >= 11 is 0. The summed E-state index contributed by atoms with van der Waals surface area (Å²) in [6.45, 7) is 1.90. The van der Waals surface area contributed by atoms with E-state index in [0.29, 0.717) is 22.6 Å². The number of hydrogen-bond donors (Lipinski definition) is 0. The average molecular weight is 412 g/mol. The van der Waals surface area contributed by atoms with E-state index in [1.165, 1.54) is 21.9 Å². The first-order valence-corrected chi connectivity index (χ1v) is 9.48. The van der Waals surface area contributed by atoms with E-state index in [4.69, 9.17) is 9.47 Å². The molecule has 0 saturated heterocycles. The predicted octanol–water partition coefficient (Wildman–Crippen LogP) is 3.89. The van der Waals surface area contributed by atoms with Crippen LogP contribution in [0.5, 0.6) is 11.5 Å². The molecule has 2 aromatic rings. The number of ketones is 1. The molecule has 2 aromatic carbocycles. The molecule has 0 aromatic heterocycles. The fourth-order valence-corrected chi connectivity index (χ4v) is 3.66. The van der Waals surface area contributed by atoms with E-state index in [9.17, 15) is 14.0 Å². The lowest BCUT2D eigenvalue weighted by molar-refractivity contribution is -0.115. The molecular weight excluding hydrogens is 387 g/mol. The molecule has 3 rings (SSSR count). The summed E-state index contributed by atoms with van der Waals surface area (Å²) in [6, 6.07) is 8.62. The Bertz CT molecular complexity index is 1000. The minimum atomic E-state index is -0.595. The lowest BCUT2D eigenvalue weighted by Gasteiger charge is -2.37. The summed E-state index contributed by atoms with van der Waals surface area (Å²) in [4.78, 5) is 28.7. The predicted molar refractivity (Wildman–Crippen MR) is 111 cm³/mol. The number of ether oxygens (including phenoxy) is 2. The maximum absolute atomic E-state index is 13.4. The number of halogens is 1. The summed E-state index contributed by atoms with van der Waals surface area (Å²) in [7, 11) is 6.34. The van der Waals surface area contributed by atoms with Gasteiger partial charge in [0, 0.05) is 32.3 Å². The van der Waals surface area contributed by atoms with Crippen LogP contribution in [0.15, 0.2) is 48.2 Å². The van der Waals surface area contributed by atoms with Crippen LogP contribution in [0.2, 0.25) is 0 Å². The molecule has 2 amide bonds. The third kappa shape index (κ3) is 4.01. The molecule has 30 heavy (non-hydrogen) atoms. The maximum Gasteiger partial charge on any atom is 0.324 e. The number of hydrogen-bond acceptors (Lipinski definition) is 4. The molecule has 1 atom stereocenters. The van der Waals surface area contributed by atoms with Crippen molar-refractivity contribution in [3.63, 3.8) is 0 Å². The van der Waals surface area contributed by atoms with Crippen molar-refractivity contribution in [3.8, 4) is 11.5 Å². The molecule has 1 aliphatic heterocycles. The van der Waals surface area contributed by atoms with Crippen molar-refractivity contribution in [2.75, 3.05) is 28.3 Å². The Morgan fingerprint density at radius 1 is 1.07 bits per heavy atom. The molecule has 0 radical (unpaired) electrons. The highest BCUT2D eigenvalue weighted by Crippen LogP contribution is 2.35. The molecule has 6 nitrogen and oxygen atoms in total. The normalized spacial score (nSPS) is 16.4. The Hall–Kier alpha value is -3.35. The van der Waals surface area contributed by atoms with Crippen molar-refractivity contribution in [2.24, 2.45) is 0 Å². The monoisotopic (exact) mass is 412 g/mol. The minimum absolute atomic E-state index is 0.131. The topological polar surface area (TPSA) is 59.1 Å². The molecule has 0 aliphatic carbocycles. The largest absolute Gasteiger partial charge is 0.493 e. The highest BCUT2D eigenvalue weighted by molar-refractivity contribution is 6.00. The quantitative estimate of drug-likeness (QED) is 0.722. The van der Waals surface area contributed by atoms with Gasteiger partial charge in [0.05, 0.1) is 20.3 Å². The minimum Gasteiger partial charge on any atom is -0.493 e. The Kier molecular flexibility index (Phi) is 6.10. The van der Waals surface area contributed by atoms with Crippen molar-refractivity contribution < 1.29 is 23.5 Å². The Morgan fingerprint density at radius 3 is 2.27 bits per heavy atom. The highest BCUT2D eigenvalue weighted by atomic mass is 19.1. The van der Waals surface area contributed by atoms with Gasteiger partial charge in [-0.1, -0.05) is 12.1 Å². The van der Waals surface area contributed by atoms with Gasteiger partial charge in [0.15, 0.2) is 17.3 Å². The second-order valence-corrected chi connectivity index (χ2v) is 7.28. The first kappa shape index (κ1) is 21.4. The number of urea groups is 1. The Morgan fingerprint density at radius 2 is 1.67 bits per heavy atom.